The zero-order chi connectivity index (χ0) is 14.4. The number of benzene rings is 1. The summed E-state index contributed by atoms with van der Waals surface area (Å²) in [7, 11) is 0. The molecule has 1 aromatic carbocycles. The largest absolute Gasteiger partial charge is 0.481 e. The highest BCUT2D eigenvalue weighted by atomic mass is 16.4. The molecule has 108 valence electrons. The molecule has 1 aliphatic heterocycles. The third kappa shape index (κ3) is 4.08. The Hall–Kier alpha value is -1.84. The normalized spacial score (nSPS) is 19.1. The minimum Gasteiger partial charge on any atom is -0.481 e. The number of likely N-dealkylation sites (tertiary alicyclic amines) is 1. The molecule has 20 heavy (non-hydrogen) atoms. The Bertz CT molecular complexity index is 458. The monoisotopic (exact) mass is 275 g/mol. The SMILES string of the molecule is O=C(O)C1CCC(=O)N(CCCCc2ccccc2)C1. The zero-order valence-corrected chi connectivity index (χ0v) is 11.6. The van der Waals surface area contributed by atoms with Crippen LogP contribution in [-0.4, -0.2) is 35.0 Å². The maximum atomic E-state index is 11.8. The summed E-state index contributed by atoms with van der Waals surface area (Å²) < 4.78 is 0. The number of carbonyl (C=O) groups is 2. The van der Waals surface area contributed by atoms with Crippen LogP contribution in [0, 0.1) is 5.92 Å². The van der Waals surface area contributed by atoms with Crippen molar-refractivity contribution in [2.24, 2.45) is 5.92 Å². The van der Waals surface area contributed by atoms with Crippen molar-refractivity contribution in [2.75, 3.05) is 13.1 Å². The van der Waals surface area contributed by atoms with Gasteiger partial charge in [0.25, 0.3) is 0 Å². The average Bonchev–Trinajstić information content (AvgIpc) is 2.46. The Morgan fingerprint density at radius 3 is 2.70 bits per heavy atom. The molecule has 1 aromatic rings. The van der Waals surface area contributed by atoms with Gasteiger partial charge < -0.3 is 10.0 Å². The number of carboxylic acid groups (broad SMARTS) is 1. The van der Waals surface area contributed by atoms with Gasteiger partial charge in [0, 0.05) is 19.5 Å². The molecule has 0 aromatic heterocycles. The number of carbonyl (C=O) groups excluding carboxylic acids is 1. The lowest BCUT2D eigenvalue weighted by Crippen LogP contribution is -2.42. The maximum Gasteiger partial charge on any atom is 0.308 e. The van der Waals surface area contributed by atoms with E-state index in [1.807, 2.05) is 18.2 Å². The van der Waals surface area contributed by atoms with Crippen LogP contribution in [0.1, 0.15) is 31.2 Å². The molecule has 1 amide bonds. The van der Waals surface area contributed by atoms with Crippen molar-refractivity contribution in [2.45, 2.75) is 32.1 Å². The Kier molecular flexibility index (Phi) is 5.16. The van der Waals surface area contributed by atoms with Gasteiger partial charge in [0.2, 0.25) is 5.91 Å². The molecule has 1 saturated heterocycles. The van der Waals surface area contributed by atoms with Crippen molar-refractivity contribution in [3.05, 3.63) is 35.9 Å². The number of hydrogen-bond acceptors (Lipinski definition) is 2. The summed E-state index contributed by atoms with van der Waals surface area (Å²) in [6.45, 7) is 1.05. The van der Waals surface area contributed by atoms with Gasteiger partial charge in [-0.25, -0.2) is 0 Å². The van der Waals surface area contributed by atoms with Gasteiger partial charge >= 0.3 is 5.97 Å². The number of carboxylic acids is 1. The van der Waals surface area contributed by atoms with Gasteiger partial charge in [-0.05, 0) is 31.2 Å². The molecule has 4 nitrogen and oxygen atoms in total. The number of nitrogens with zero attached hydrogens (tertiary/aromatic N) is 1. The highest BCUT2D eigenvalue weighted by molar-refractivity contribution is 5.80. The van der Waals surface area contributed by atoms with Gasteiger partial charge in [0.15, 0.2) is 0 Å². The number of aliphatic carboxylic acids is 1. The molecule has 1 heterocycles. The van der Waals surface area contributed by atoms with Crippen LogP contribution in [-0.2, 0) is 16.0 Å². The van der Waals surface area contributed by atoms with Gasteiger partial charge in [-0.3, -0.25) is 9.59 Å². The first-order valence-corrected chi connectivity index (χ1v) is 7.21. The van der Waals surface area contributed by atoms with Crippen LogP contribution < -0.4 is 0 Å². The molecule has 0 spiro atoms. The molecule has 1 N–H and O–H groups in total. The van der Waals surface area contributed by atoms with Gasteiger partial charge in [0.05, 0.1) is 5.92 Å². The summed E-state index contributed by atoms with van der Waals surface area (Å²) in [5, 5.41) is 9.02. The molecular formula is C16H21NO3. The summed E-state index contributed by atoms with van der Waals surface area (Å²) in [5.41, 5.74) is 1.31. The van der Waals surface area contributed by atoms with E-state index in [0.29, 0.717) is 25.9 Å². The average molecular weight is 275 g/mol. The Labute approximate surface area is 119 Å². The quantitative estimate of drug-likeness (QED) is 0.811. The third-order valence-electron chi connectivity index (χ3n) is 3.84. The maximum absolute atomic E-state index is 11.8. The Balaban J connectivity index is 1.72. The van der Waals surface area contributed by atoms with E-state index in [1.165, 1.54) is 5.56 Å². The van der Waals surface area contributed by atoms with E-state index in [1.54, 1.807) is 4.90 Å². The second-order valence-corrected chi connectivity index (χ2v) is 5.36. The summed E-state index contributed by atoms with van der Waals surface area (Å²) in [4.78, 5) is 24.5. The number of amides is 1. The molecule has 1 atom stereocenters. The Morgan fingerprint density at radius 1 is 1.25 bits per heavy atom. The van der Waals surface area contributed by atoms with Crippen molar-refractivity contribution in [1.82, 2.24) is 4.90 Å². The van der Waals surface area contributed by atoms with Crippen LogP contribution in [0.5, 0.6) is 0 Å². The molecule has 0 saturated carbocycles. The second-order valence-electron chi connectivity index (χ2n) is 5.36. The van der Waals surface area contributed by atoms with Crippen molar-refractivity contribution >= 4 is 11.9 Å². The topological polar surface area (TPSA) is 57.6 Å². The fourth-order valence-corrected chi connectivity index (χ4v) is 2.61. The van der Waals surface area contributed by atoms with Gasteiger partial charge in [-0.1, -0.05) is 30.3 Å². The minimum absolute atomic E-state index is 0.0993. The van der Waals surface area contributed by atoms with Crippen LogP contribution in [0.25, 0.3) is 0 Å². The molecule has 1 aliphatic rings. The van der Waals surface area contributed by atoms with Gasteiger partial charge in [-0.2, -0.15) is 0 Å². The minimum atomic E-state index is -0.785. The molecule has 4 heteroatoms. The predicted molar refractivity (Wildman–Crippen MR) is 76.3 cm³/mol. The van der Waals surface area contributed by atoms with E-state index in [2.05, 4.69) is 12.1 Å². The first-order chi connectivity index (χ1) is 9.66. The van der Waals surface area contributed by atoms with Crippen LogP contribution in [0.2, 0.25) is 0 Å². The van der Waals surface area contributed by atoms with Crippen molar-refractivity contribution < 1.29 is 14.7 Å². The van der Waals surface area contributed by atoms with Crippen molar-refractivity contribution in [3.8, 4) is 0 Å². The Morgan fingerprint density at radius 2 is 2.00 bits per heavy atom. The third-order valence-corrected chi connectivity index (χ3v) is 3.84. The molecular weight excluding hydrogens is 254 g/mol. The van der Waals surface area contributed by atoms with Crippen LogP contribution >= 0.6 is 0 Å². The standard InChI is InChI=1S/C16H21NO3/c18-15-10-9-14(16(19)20)12-17(15)11-5-4-8-13-6-2-1-3-7-13/h1-3,6-7,14H,4-5,8-12H2,(H,19,20). The number of unbranched alkanes of at least 4 members (excludes halogenated alkanes) is 1. The zero-order valence-electron chi connectivity index (χ0n) is 11.6. The second kappa shape index (κ2) is 7.08. The lowest BCUT2D eigenvalue weighted by atomic mass is 9.97. The van der Waals surface area contributed by atoms with E-state index in [4.69, 9.17) is 5.11 Å². The molecule has 2 rings (SSSR count). The fraction of sp³-hybridized carbons (Fsp3) is 0.500. The van der Waals surface area contributed by atoms with Gasteiger partial charge in [-0.15, -0.1) is 0 Å². The predicted octanol–water partition coefficient (Wildman–Crippen LogP) is 2.33. The summed E-state index contributed by atoms with van der Waals surface area (Å²) in [6.07, 6.45) is 3.80. The van der Waals surface area contributed by atoms with E-state index < -0.39 is 5.97 Å². The summed E-state index contributed by atoms with van der Waals surface area (Å²) in [5.74, 6) is -1.07. The van der Waals surface area contributed by atoms with Crippen LogP contribution in [0.4, 0.5) is 0 Å². The number of piperidine rings is 1. The smallest absolute Gasteiger partial charge is 0.308 e. The van der Waals surface area contributed by atoms with E-state index in [0.717, 1.165) is 19.3 Å². The number of aryl methyl sites for hydroxylation is 1. The van der Waals surface area contributed by atoms with Gasteiger partial charge in [0.1, 0.15) is 0 Å². The van der Waals surface area contributed by atoms with E-state index >= 15 is 0 Å². The molecule has 0 radical (unpaired) electrons. The van der Waals surface area contributed by atoms with E-state index in [-0.39, 0.29) is 11.8 Å². The molecule has 0 aliphatic carbocycles. The first-order valence-electron chi connectivity index (χ1n) is 7.21. The molecule has 1 unspecified atom stereocenters. The number of hydrogen-bond donors (Lipinski definition) is 1. The summed E-state index contributed by atoms with van der Waals surface area (Å²) >= 11 is 0. The van der Waals surface area contributed by atoms with Crippen LogP contribution in [0.3, 0.4) is 0 Å². The van der Waals surface area contributed by atoms with Crippen LogP contribution in [0.15, 0.2) is 30.3 Å². The lowest BCUT2D eigenvalue weighted by molar-refractivity contribution is -0.147. The highest BCUT2D eigenvalue weighted by Crippen LogP contribution is 2.18. The number of rotatable bonds is 6. The lowest BCUT2D eigenvalue weighted by Gasteiger charge is -2.30. The molecule has 1 fully saturated rings. The first kappa shape index (κ1) is 14.6. The fourth-order valence-electron chi connectivity index (χ4n) is 2.61. The summed E-state index contributed by atoms with van der Waals surface area (Å²) in [6, 6.07) is 10.3. The van der Waals surface area contributed by atoms with Crippen molar-refractivity contribution in [3.63, 3.8) is 0 Å². The molecule has 0 bridgehead atoms. The van der Waals surface area contributed by atoms with E-state index in [9.17, 15) is 9.59 Å². The highest BCUT2D eigenvalue weighted by Gasteiger charge is 2.29. The van der Waals surface area contributed by atoms with Crippen molar-refractivity contribution in [1.29, 1.82) is 0 Å².